The van der Waals surface area contributed by atoms with E-state index < -0.39 is 5.66 Å². The van der Waals surface area contributed by atoms with Gasteiger partial charge >= 0.3 is 0 Å². The molecule has 5 rings (SSSR count). The number of rotatable bonds is 9. The Bertz CT molecular complexity index is 1450. The number of amides is 2. The first kappa shape index (κ1) is 42.6. The summed E-state index contributed by atoms with van der Waals surface area (Å²) in [6, 6.07) is 13.7. The summed E-state index contributed by atoms with van der Waals surface area (Å²) in [6.45, 7) is 23.7. The van der Waals surface area contributed by atoms with Gasteiger partial charge in [0.2, 0.25) is 0 Å². The first-order valence-corrected chi connectivity index (χ1v) is 18.9. The first-order valence-electron chi connectivity index (χ1n) is 18.6. The molecule has 2 N–H and O–H groups in total. The number of aryl methyl sites for hydroxylation is 2. The lowest BCUT2D eigenvalue weighted by Crippen LogP contribution is -2.51. The maximum Gasteiger partial charge on any atom is 0.267 e. The quantitative estimate of drug-likeness (QED) is 0.230. The third kappa shape index (κ3) is 12.0. The normalized spacial score (nSPS) is 18.8. The molecule has 2 amide bonds. The van der Waals surface area contributed by atoms with Crippen molar-refractivity contribution in [3.63, 3.8) is 0 Å². The average Bonchev–Trinajstić information content (AvgIpc) is 3.73. The monoisotopic (exact) mass is 707 g/mol. The van der Waals surface area contributed by atoms with Gasteiger partial charge in [0.05, 0.1) is 18.8 Å². The van der Waals surface area contributed by atoms with Crippen LogP contribution in [0.5, 0.6) is 0 Å². The fourth-order valence-electron chi connectivity index (χ4n) is 6.59. The highest BCUT2D eigenvalue weighted by molar-refractivity contribution is 6.30. The van der Waals surface area contributed by atoms with Crippen LogP contribution in [-0.2, 0) is 17.8 Å². The van der Waals surface area contributed by atoms with Gasteiger partial charge in [-0.2, -0.15) is 5.21 Å². The first-order chi connectivity index (χ1) is 23.8. The Morgan fingerprint density at radius 2 is 1.68 bits per heavy atom. The number of H-pyrrole nitrogens is 1. The zero-order valence-electron chi connectivity index (χ0n) is 32.4. The summed E-state index contributed by atoms with van der Waals surface area (Å²) in [7, 11) is 0. The summed E-state index contributed by atoms with van der Waals surface area (Å²) in [5.74, 6) is 1.37. The minimum absolute atomic E-state index is 0.0000959. The third-order valence-electron chi connectivity index (χ3n) is 9.31. The minimum Gasteiger partial charge on any atom is -0.345 e. The van der Waals surface area contributed by atoms with E-state index in [0.29, 0.717) is 23.2 Å². The molecule has 3 aromatic rings. The minimum atomic E-state index is -0.457. The van der Waals surface area contributed by atoms with E-state index in [-0.39, 0.29) is 29.8 Å². The smallest absolute Gasteiger partial charge is 0.267 e. The van der Waals surface area contributed by atoms with E-state index >= 15 is 0 Å². The van der Waals surface area contributed by atoms with Crippen molar-refractivity contribution in [3.8, 4) is 0 Å². The van der Waals surface area contributed by atoms with Crippen LogP contribution in [0.25, 0.3) is 0 Å². The Kier molecular flexibility index (Phi) is 17.3. The Morgan fingerprint density at radius 3 is 2.20 bits per heavy atom. The van der Waals surface area contributed by atoms with Gasteiger partial charge < -0.3 is 10.2 Å². The highest BCUT2D eigenvalue weighted by atomic mass is 35.5. The lowest BCUT2D eigenvalue weighted by molar-refractivity contribution is -0.133. The standard InChI is InChI=1S/C27H39N7O2.C9H11Cl.2C2H6/c1-18(2)6-11-22(19-7-9-20(10-8-19)25(36)28-16-23-30-32-33-31-23)34-24(35)17-29-27(34)14-12-21(13-15-27)26(3,4)5;1-3-8-4-7(2)5-9(10)6-8;2*1-2/h7-10,17-18,21-22H,6,11-16H2,1-5H3,(H,28,36)(H,30,31,32,33);4-6H,3H2,1-2H3;2*1-2H3. The Labute approximate surface area is 306 Å². The van der Waals surface area contributed by atoms with Crippen molar-refractivity contribution >= 4 is 29.6 Å². The number of carbonyl (C=O) groups is 2. The van der Waals surface area contributed by atoms with Crippen LogP contribution in [0.1, 0.15) is 147 Å². The van der Waals surface area contributed by atoms with Gasteiger partial charge in [-0.15, -0.1) is 10.2 Å². The molecule has 0 bridgehead atoms. The summed E-state index contributed by atoms with van der Waals surface area (Å²) >= 11 is 5.83. The molecule has 1 unspecified atom stereocenters. The molecule has 0 radical (unpaired) electrons. The number of benzene rings is 2. The van der Waals surface area contributed by atoms with E-state index in [1.54, 1.807) is 6.21 Å². The van der Waals surface area contributed by atoms with Crippen molar-refractivity contribution in [2.75, 3.05) is 0 Å². The predicted octanol–water partition coefficient (Wildman–Crippen LogP) is 9.72. The molecule has 1 saturated carbocycles. The second-order valence-corrected chi connectivity index (χ2v) is 14.6. The molecule has 0 saturated heterocycles. The molecule has 1 fully saturated rings. The number of nitrogens with zero attached hydrogens (tertiary/aromatic N) is 5. The SMILES string of the molecule is CC.CC.CC(C)CCC(c1ccc(C(=O)NCc2nn[nH]n2)cc1)N1C(=O)C=NC12CCC(C(C)(C)C)CC2.CCc1cc(C)cc(Cl)c1. The van der Waals surface area contributed by atoms with Gasteiger partial charge in [0.15, 0.2) is 5.82 Å². The molecule has 1 spiro atoms. The van der Waals surface area contributed by atoms with Crippen LogP contribution < -0.4 is 5.32 Å². The summed E-state index contributed by atoms with van der Waals surface area (Å²) in [6.07, 6.45) is 8.39. The highest BCUT2D eigenvalue weighted by Crippen LogP contribution is 2.48. The molecule has 50 heavy (non-hydrogen) atoms. The number of halogens is 1. The molecular formula is C40H62ClN7O2. The van der Waals surface area contributed by atoms with Gasteiger partial charge in [-0.3, -0.25) is 14.6 Å². The summed E-state index contributed by atoms with van der Waals surface area (Å²) in [5.41, 5.74) is 3.95. The van der Waals surface area contributed by atoms with Gasteiger partial charge in [0.25, 0.3) is 11.8 Å². The van der Waals surface area contributed by atoms with Crippen molar-refractivity contribution in [2.45, 2.75) is 139 Å². The van der Waals surface area contributed by atoms with Crippen LogP contribution in [0.3, 0.4) is 0 Å². The van der Waals surface area contributed by atoms with E-state index in [4.69, 9.17) is 16.6 Å². The van der Waals surface area contributed by atoms with Gasteiger partial charge in [0, 0.05) is 10.6 Å². The summed E-state index contributed by atoms with van der Waals surface area (Å²) in [5, 5.41) is 17.2. The van der Waals surface area contributed by atoms with Gasteiger partial charge in [-0.05, 0) is 110 Å². The molecule has 276 valence electrons. The van der Waals surface area contributed by atoms with E-state index in [1.165, 1.54) is 11.1 Å². The van der Waals surface area contributed by atoms with E-state index in [9.17, 15) is 9.59 Å². The topological polar surface area (TPSA) is 116 Å². The molecule has 9 nitrogen and oxygen atoms in total. The Balaban J connectivity index is 0.000000523. The second kappa shape index (κ2) is 20.3. The number of hydrogen-bond acceptors (Lipinski definition) is 6. The van der Waals surface area contributed by atoms with Crippen molar-refractivity contribution < 1.29 is 9.59 Å². The molecular weight excluding hydrogens is 646 g/mol. The van der Waals surface area contributed by atoms with Crippen molar-refractivity contribution in [1.82, 2.24) is 30.8 Å². The van der Waals surface area contributed by atoms with E-state index in [0.717, 1.165) is 55.5 Å². The predicted molar refractivity (Wildman–Crippen MR) is 206 cm³/mol. The molecule has 2 aliphatic rings. The van der Waals surface area contributed by atoms with Crippen molar-refractivity contribution in [2.24, 2.45) is 22.2 Å². The fraction of sp³-hybridized carbons (Fsp3) is 0.600. The number of aliphatic imine (C=N–C) groups is 1. The van der Waals surface area contributed by atoms with Crippen LogP contribution in [-0.4, -0.2) is 49.2 Å². The van der Waals surface area contributed by atoms with Gasteiger partial charge in [-0.1, -0.05) is 104 Å². The molecule has 1 aliphatic heterocycles. The molecule has 1 atom stereocenters. The van der Waals surface area contributed by atoms with E-state index in [2.05, 4.69) is 85.4 Å². The van der Waals surface area contributed by atoms with Crippen LogP contribution in [0, 0.1) is 24.2 Å². The van der Waals surface area contributed by atoms with Gasteiger partial charge in [0.1, 0.15) is 5.66 Å². The summed E-state index contributed by atoms with van der Waals surface area (Å²) in [4.78, 5) is 32.8. The largest absolute Gasteiger partial charge is 0.345 e. The van der Waals surface area contributed by atoms with Crippen LogP contribution in [0.2, 0.25) is 5.02 Å². The lowest BCUT2D eigenvalue weighted by Gasteiger charge is -2.47. The summed E-state index contributed by atoms with van der Waals surface area (Å²) < 4.78 is 0. The zero-order chi connectivity index (χ0) is 37.5. The number of tetrazole rings is 1. The maximum absolute atomic E-state index is 13.3. The molecule has 1 aromatic heterocycles. The Morgan fingerprint density at radius 1 is 1.04 bits per heavy atom. The average molecular weight is 708 g/mol. The number of aromatic amines is 1. The molecule has 2 aromatic carbocycles. The molecule has 1 aliphatic carbocycles. The van der Waals surface area contributed by atoms with Crippen LogP contribution in [0.15, 0.2) is 47.5 Å². The maximum atomic E-state index is 13.3. The third-order valence-corrected chi connectivity index (χ3v) is 9.52. The number of carbonyl (C=O) groups excluding carboxylic acids is 2. The van der Waals surface area contributed by atoms with Gasteiger partial charge in [-0.25, -0.2) is 0 Å². The van der Waals surface area contributed by atoms with Crippen molar-refractivity contribution in [1.29, 1.82) is 0 Å². The van der Waals surface area contributed by atoms with Crippen LogP contribution in [0.4, 0.5) is 0 Å². The lowest BCUT2D eigenvalue weighted by atomic mass is 9.69. The zero-order valence-corrected chi connectivity index (χ0v) is 33.2. The fourth-order valence-corrected chi connectivity index (χ4v) is 6.90. The highest BCUT2D eigenvalue weighted by Gasteiger charge is 2.49. The number of hydrogen-bond donors (Lipinski definition) is 2. The number of aromatic nitrogens is 4. The molecule has 2 heterocycles. The van der Waals surface area contributed by atoms with Crippen molar-refractivity contribution in [3.05, 3.63) is 75.6 Å². The Hall–Kier alpha value is -3.59. The number of nitrogens with one attached hydrogen (secondary N) is 2. The van der Waals surface area contributed by atoms with Crippen LogP contribution >= 0.6 is 11.6 Å². The van der Waals surface area contributed by atoms with E-state index in [1.807, 2.05) is 64.1 Å². The second-order valence-electron chi connectivity index (χ2n) is 14.2. The molecule has 10 heteroatoms.